The number of hydrogen-bond donors (Lipinski definition) is 1. The first-order chi connectivity index (χ1) is 11.2. The van der Waals surface area contributed by atoms with Crippen LogP contribution in [0.2, 0.25) is 5.15 Å². The number of nitrogens with zero attached hydrogens (tertiary/aromatic N) is 2. The minimum Gasteiger partial charge on any atom is -0.389 e. The standard InChI is InChI=1S/C17H15ClF2N2O2/c1-9(12-6-4-8-14(18)21-12)22-13-7-3-5-11(10(2)23)15(13)17(19,20)16(22)24/h3-10,23H,1-2H3/t9?,10-/m0/s1. The number of benzene rings is 1. The van der Waals surface area contributed by atoms with Gasteiger partial charge in [0.2, 0.25) is 0 Å². The van der Waals surface area contributed by atoms with Crippen molar-refractivity contribution in [1.82, 2.24) is 4.98 Å². The number of alkyl halides is 2. The van der Waals surface area contributed by atoms with Crippen LogP contribution in [-0.2, 0) is 10.7 Å². The van der Waals surface area contributed by atoms with Gasteiger partial charge in [-0.25, -0.2) is 4.98 Å². The molecular weight excluding hydrogens is 338 g/mol. The number of halogens is 3. The van der Waals surface area contributed by atoms with E-state index in [4.69, 9.17) is 11.6 Å². The zero-order valence-corrected chi connectivity index (χ0v) is 13.8. The summed E-state index contributed by atoms with van der Waals surface area (Å²) in [6, 6.07) is 8.49. The molecule has 1 unspecified atom stereocenters. The molecule has 0 saturated heterocycles. The maximum Gasteiger partial charge on any atom is 0.352 e. The average Bonchev–Trinajstić information content (AvgIpc) is 2.74. The fourth-order valence-corrected chi connectivity index (χ4v) is 3.16. The van der Waals surface area contributed by atoms with E-state index in [0.29, 0.717) is 5.69 Å². The number of amides is 1. The Kier molecular flexibility index (Phi) is 4.05. The van der Waals surface area contributed by atoms with Gasteiger partial charge in [0.05, 0.1) is 29.1 Å². The molecule has 1 N–H and O–H groups in total. The van der Waals surface area contributed by atoms with Crippen LogP contribution in [0.3, 0.4) is 0 Å². The molecule has 4 nitrogen and oxygen atoms in total. The van der Waals surface area contributed by atoms with E-state index in [1.54, 1.807) is 31.2 Å². The number of aromatic nitrogens is 1. The molecule has 24 heavy (non-hydrogen) atoms. The third kappa shape index (κ3) is 2.46. The highest BCUT2D eigenvalue weighted by Crippen LogP contribution is 2.49. The third-order valence-corrected chi connectivity index (χ3v) is 4.35. The molecule has 2 aromatic rings. The first kappa shape index (κ1) is 16.8. The van der Waals surface area contributed by atoms with Crippen molar-refractivity contribution in [2.24, 2.45) is 0 Å². The van der Waals surface area contributed by atoms with Gasteiger partial charge < -0.3 is 5.11 Å². The Morgan fingerprint density at radius 3 is 2.50 bits per heavy atom. The average molecular weight is 353 g/mol. The monoisotopic (exact) mass is 352 g/mol. The Balaban J connectivity index is 2.16. The summed E-state index contributed by atoms with van der Waals surface area (Å²) in [6.45, 7) is 3.00. The molecule has 1 aromatic heterocycles. The van der Waals surface area contributed by atoms with E-state index in [-0.39, 0.29) is 16.4 Å². The highest BCUT2D eigenvalue weighted by molar-refractivity contribution is 6.29. The quantitative estimate of drug-likeness (QED) is 0.850. The lowest BCUT2D eigenvalue weighted by Gasteiger charge is -2.25. The Hall–Kier alpha value is -2.05. The fraction of sp³-hybridized carbons (Fsp3) is 0.294. The van der Waals surface area contributed by atoms with Gasteiger partial charge in [-0.15, -0.1) is 0 Å². The van der Waals surface area contributed by atoms with Crippen LogP contribution in [0.25, 0.3) is 0 Å². The summed E-state index contributed by atoms with van der Waals surface area (Å²) in [5.41, 5.74) is 0.0816. The van der Waals surface area contributed by atoms with Gasteiger partial charge in [-0.1, -0.05) is 29.8 Å². The van der Waals surface area contributed by atoms with Crippen molar-refractivity contribution in [1.29, 1.82) is 0 Å². The van der Waals surface area contributed by atoms with Gasteiger partial charge in [-0.3, -0.25) is 9.69 Å². The Labute approximate surface area is 142 Å². The van der Waals surface area contributed by atoms with Crippen molar-refractivity contribution < 1.29 is 18.7 Å². The minimum absolute atomic E-state index is 0.0413. The zero-order chi connectivity index (χ0) is 17.6. The third-order valence-electron chi connectivity index (χ3n) is 4.14. The first-order valence-electron chi connectivity index (χ1n) is 7.40. The number of fused-ring (bicyclic) bond motifs is 1. The number of anilines is 1. The summed E-state index contributed by atoms with van der Waals surface area (Å²) >= 11 is 5.86. The van der Waals surface area contributed by atoms with E-state index in [0.717, 1.165) is 4.90 Å². The summed E-state index contributed by atoms with van der Waals surface area (Å²) in [6.07, 6.45) is -1.11. The number of aliphatic hydroxyl groups excluding tert-OH is 1. The molecule has 0 radical (unpaired) electrons. The number of hydrogen-bond acceptors (Lipinski definition) is 3. The molecule has 0 saturated carbocycles. The molecule has 2 atom stereocenters. The van der Waals surface area contributed by atoms with Crippen molar-refractivity contribution in [3.63, 3.8) is 0 Å². The van der Waals surface area contributed by atoms with Gasteiger partial charge in [-0.2, -0.15) is 8.78 Å². The van der Waals surface area contributed by atoms with E-state index < -0.39 is 29.5 Å². The normalized spacial score (nSPS) is 18.4. The van der Waals surface area contributed by atoms with E-state index in [9.17, 15) is 18.7 Å². The topological polar surface area (TPSA) is 53.4 Å². The van der Waals surface area contributed by atoms with Crippen molar-refractivity contribution in [2.45, 2.75) is 31.9 Å². The van der Waals surface area contributed by atoms with Crippen LogP contribution in [0.5, 0.6) is 0 Å². The molecule has 1 amide bonds. The maximum atomic E-state index is 14.6. The van der Waals surface area contributed by atoms with Gasteiger partial charge in [0.25, 0.3) is 0 Å². The van der Waals surface area contributed by atoms with E-state index in [2.05, 4.69) is 4.98 Å². The summed E-state index contributed by atoms with van der Waals surface area (Å²) < 4.78 is 29.2. The summed E-state index contributed by atoms with van der Waals surface area (Å²) in [5, 5.41) is 10.0. The molecule has 0 bridgehead atoms. The maximum absolute atomic E-state index is 14.6. The number of rotatable bonds is 3. The molecular formula is C17H15ClF2N2O2. The number of carbonyl (C=O) groups is 1. The molecule has 0 aliphatic carbocycles. The van der Waals surface area contributed by atoms with E-state index in [1.807, 2.05) is 0 Å². The lowest BCUT2D eigenvalue weighted by Crippen LogP contribution is -2.36. The second-order valence-electron chi connectivity index (χ2n) is 5.73. The van der Waals surface area contributed by atoms with E-state index in [1.165, 1.54) is 19.1 Å². The molecule has 2 heterocycles. The predicted molar refractivity (Wildman–Crippen MR) is 86.1 cm³/mol. The van der Waals surface area contributed by atoms with Crippen LogP contribution in [0.4, 0.5) is 14.5 Å². The highest BCUT2D eigenvalue weighted by atomic mass is 35.5. The fourth-order valence-electron chi connectivity index (χ4n) is 2.99. The Morgan fingerprint density at radius 2 is 1.88 bits per heavy atom. The van der Waals surface area contributed by atoms with Crippen molar-refractivity contribution >= 4 is 23.2 Å². The number of aliphatic hydroxyl groups is 1. The largest absolute Gasteiger partial charge is 0.389 e. The molecule has 1 aliphatic heterocycles. The smallest absolute Gasteiger partial charge is 0.352 e. The van der Waals surface area contributed by atoms with Gasteiger partial charge in [0.15, 0.2) is 0 Å². The van der Waals surface area contributed by atoms with Crippen molar-refractivity contribution in [3.05, 3.63) is 58.4 Å². The van der Waals surface area contributed by atoms with Gasteiger partial charge in [0.1, 0.15) is 5.15 Å². The van der Waals surface area contributed by atoms with Crippen LogP contribution in [0.15, 0.2) is 36.4 Å². The zero-order valence-electron chi connectivity index (χ0n) is 13.0. The molecule has 1 aromatic carbocycles. The van der Waals surface area contributed by atoms with Crippen LogP contribution in [0, 0.1) is 0 Å². The van der Waals surface area contributed by atoms with Crippen molar-refractivity contribution in [3.8, 4) is 0 Å². The summed E-state index contributed by atoms with van der Waals surface area (Å²) in [5.74, 6) is -5.03. The second-order valence-corrected chi connectivity index (χ2v) is 6.12. The van der Waals surface area contributed by atoms with Crippen LogP contribution >= 0.6 is 11.6 Å². The molecule has 7 heteroatoms. The molecule has 0 fully saturated rings. The summed E-state index contributed by atoms with van der Waals surface area (Å²) in [7, 11) is 0. The number of carbonyl (C=O) groups excluding carboxylic acids is 1. The Bertz CT molecular complexity index is 811. The number of pyridine rings is 1. The summed E-state index contributed by atoms with van der Waals surface area (Å²) in [4.78, 5) is 17.5. The highest BCUT2D eigenvalue weighted by Gasteiger charge is 2.55. The van der Waals surface area contributed by atoms with Gasteiger partial charge in [-0.05, 0) is 37.6 Å². The van der Waals surface area contributed by atoms with Crippen molar-refractivity contribution in [2.75, 3.05) is 4.90 Å². The SMILES string of the molecule is CC(c1cccc(Cl)n1)N1C(=O)C(F)(F)c2c([C@H](C)O)cccc21. The van der Waals surface area contributed by atoms with Crippen LogP contribution in [-0.4, -0.2) is 16.0 Å². The lowest BCUT2D eigenvalue weighted by molar-refractivity contribution is -0.142. The molecule has 126 valence electrons. The van der Waals surface area contributed by atoms with Gasteiger partial charge >= 0.3 is 11.8 Å². The molecule has 1 aliphatic rings. The molecule has 0 spiro atoms. The second kappa shape index (κ2) is 5.79. The van der Waals surface area contributed by atoms with Crippen LogP contribution in [0.1, 0.15) is 42.8 Å². The Morgan fingerprint density at radius 1 is 1.21 bits per heavy atom. The van der Waals surface area contributed by atoms with Gasteiger partial charge in [0, 0.05) is 0 Å². The van der Waals surface area contributed by atoms with Crippen LogP contribution < -0.4 is 4.90 Å². The van der Waals surface area contributed by atoms with E-state index >= 15 is 0 Å². The molecule has 3 rings (SSSR count). The lowest BCUT2D eigenvalue weighted by atomic mass is 9.98. The predicted octanol–water partition coefficient (Wildman–Crippen LogP) is 3.99. The minimum atomic E-state index is -3.70. The first-order valence-corrected chi connectivity index (χ1v) is 7.78.